The summed E-state index contributed by atoms with van der Waals surface area (Å²) in [5.41, 5.74) is 8.79. The van der Waals surface area contributed by atoms with E-state index in [2.05, 4.69) is 10.1 Å². The third kappa shape index (κ3) is 2.10. The summed E-state index contributed by atoms with van der Waals surface area (Å²) in [6.07, 6.45) is 5.06. The van der Waals surface area contributed by atoms with Crippen LogP contribution in [0, 0.1) is 0 Å². The summed E-state index contributed by atoms with van der Waals surface area (Å²) < 4.78 is 0. The summed E-state index contributed by atoms with van der Waals surface area (Å²) in [4.78, 5) is 6.83. The molecule has 3 rings (SSSR count). The number of hydrogen-bond acceptors (Lipinski definition) is 5. The summed E-state index contributed by atoms with van der Waals surface area (Å²) in [6.45, 7) is 0.955. The molecule has 0 radical (unpaired) electrons. The lowest BCUT2D eigenvalue weighted by Gasteiger charge is -2.26. The molecular formula is C14H20N4O2. The van der Waals surface area contributed by atoms with Gasteiger partial charge in [0.1, 0.15) is 5.82 Å². The molecule has 1 atom stereocenters. The molecule has 1 fully saturated rings. The van der Waals surface area contributed by atoms with Crippen molar-refractivity contribution in [3.63, 3.8) is 0 Å². The Morgan fingerprint density at radius 2 is 2.30 bits per heavy atom. The predicted molar refractivity (Wildman–Crippen MR) is 76.2 cm³/mol. The molecule has 2 heterocycles. The van der Waals surface area contributed by atoms with E-state index < -0.39 is 0 Å². The zero-order valence-corrected chi connectivity index (χ0v) is 11.4. The minimum absolute atomic E-state index is 0.0761. The topological polar surface area (TPSA) is 95.0 Å². The molecular weight excluding hydrogens is 256 g/mol. The second kappa shape index (κ2) is 5.28. The Kier molecular flexibility index (Phi) is 3.48. The van der Waals surface area contributed by atoms with Crippen molar-refractivity contribution in [2.24, 2.45) is 10.9 Å². The predicted octanol–water partition coefficient (Wildman–Crippen LogP) is 0.626. The van der Waals surface area contributed by atoms with Gasteiger partial charge in [0.2, 0.25) is 0 Å². The van der Waals surface area contributed by atoms with Gasteiger partial charge < -0.3 is 20.9 Å². The standard InChI is InChI=1S/C14H20N4O2/c15-13(17-20)11-7-9-3-1-5-12(9)16-14(11)18-6-2-4-10(18)8-19/h7,10,19-20H,1-6,8H2,(H2,15,17). The van der Waals surface area contributed by atoms with Gasteiger partial charge in [0.25, 0.3) is 0 Å². The number of aliphatic hydroxyl groups excluding tert-OH is 1. The molecule has 1 saturated heterocycles. The normalized spacial score (nSPS) is 22.4. The van der Waals surface area contributed by atoms with Gasteiger partial charge in [0, 0.05) is 12.2 Å². The van der Waals surface area contributed by atoms with Crippen molar-refractivity contribution in [1.29, 1.82) is 0 Å². The Morgan fingerprint density at radius 1 is 1.45 bits per heavy atom. The lowest BCUT2D eigenvalue weighted by atomic mass is 10.1. The van der Waals surface area contributed by atoms with Crippen molar-refractivity contribution in [1.82, 2.24) is 4.98 Å². The summed E-state index contributed by atoms with van der Waals surface area (Å²) in [6, 6.07) is 2.07. The van der Waals surface area contributed by atoms with Crippen LogP contribution in [0.1, 0.15) is 36.1 Å². The van der Waals surface area contributed by atoms with Gasteiger partial charge in [-0.1, -0.05) is 5.16 Å². The highest BCUT2D eigenvalue weighted by atomic mass is 16.4. The minimum atomic E-state index is 0.0761. The Hall–Kier alpha value is -1.82. The van der Waals surface area contributed by atoms with Crippen LogP contribution in [-0.4, -0.2) is 40.3 Å². The van der Waals surface area contributed by atoms with Gasteiger partial charge in [0.05, 0.1) is 18.2 Å². The second-order valence-corrected chi connectivity index (χ2v) is 5.48. The van der Waals surface area contributed by atoms with Gasteiger partial charge in [0.15, 0.2) is 5.84 Å². The fourth-order valence-corrected chi connectivity index (χ4v) is 3.23. The van der Waals surface area contributed by atoms with Gasteiger partial charge >= 0.3 is 0 Å². The van der Waals surface area contributed by atoms with Gasteiger partial charge in [-0.25, -0.2) is 4.98 Å². The SMILES string of the molecule is NC(=NO)c1cc2c(nc1N1CCCC1CO)CCC2. The Morgan fingerprint density at radius 3 is 3.05 bits per heavy atom. The fourth-order valence-electron chi connectivity index (χ4n) is 3.23. The Bertz CT molecular complexity index is 544. The van der Waals surface area contributed by atoms with E-state index in [9.17, 15) is 5.11 Å². The van der Waals surface area contributed by atoms with E-state index in [1.807, 2.05) is 6.07 Å². The first kappa shape index (κ1) is 13.2. The number of nitrogens with zero attached hydrogens (tertiary/aromatic N) is 3. The van der Waals surface area contributed by atoms with Crippen LogP contribution in [-0.2, 0) is 12.8 Å². The molecule has 1 aromatic rings. The molecule has 1 unspecified atom stereocenters. The number of fused-ring (bicyclic) bond motifs is 1. The molecule has 6 nitrogen and oxygen atoms in total. The third-order valence-corrected chi connectivity index (χ3v) is 4.27. The van der Waals surface area contributed by atoms with Crippen LogP contribution in [0.3, 0.4) is 0 Å². The largest absolute Gasteiger partial charge is 0.409 e. The van der Waals surface area contributed by atoms with Crippen LogP contribution >= 0.6 is 0 Å². The number of aliphatic hydroxyl groups is 1. The van der Waals surface area contributed by atoms with Gasteiger partial charge in [-0.15, -0.1) is 0 Å². The molecule has 0 saturated carbocycles. The molecule has 1 aliphatic heterocycles. The van der Waals surface area contributed by atoms with E-state index in [1.165, 1.54) is 5.56 Å². The molecule has 4 N–H and O–H groups in total. The number of pyridine rings is 1. The van der Waals surface area contributed by atoms with Crippen molar-refractivity contribution in [3.8, 4) is 0 Å². The van der Waals surface area contributed by atoms with Crippen molar-refractivity contribution >= 4 is 11.7 Å². The number of aryl methyl sites for hydroxylation is 2. The summed E-state index contributed by atoms with van der Waals surface area (Å²) in [7, 11) is 0. The first-order valence-electron chi connectivity index (χ1n) is 7.12. The molecule has 0 bridgehead atoms. The van der Waals surface area contributed by atoms with E-state index in [1.54, 1.807) is 0 Å². The highest BCUT2D eigenvalue weighted by molar-refractivity contribution is 6.01. The molecule has 0 amide bonds. The molecule has 2 aliphatic rings. The molecule has 20 heavy (non-hydrogen) atoms. The van der Waals surface area contributed by atoms with Crippen LogP contribution in [0.25, 0.3) is 0 Å². The Balaban J connectivity index is 2.08. The van der Waals surface area contributed by atoms with E-state index >= 15 is 0 Å². The van der Waals surface area contributed by atoms with E-state index in [0.29, 0.717) is 5.56 Å². The van der Waals surface area contributed by atoms with Crippen molar-refractivity contribution in [2.75, 3.05) is 18.1 Å². The van der Waals surface area contributed by atoms with E-state index in [0.717, 1.165) is 50.2 Å². The van der Waals surface area contributed by atoms with Gasteiger partial charge in [-0.2, -0.15) is 0 Å². The zero-order chi connectivity index (χ0) is 14.1. The van der Waals surface area contributed by atoms with E-state index in [4.69, 9.17) is 15.9 Å². The maximum absolute atomic E-state index is 9.50. The lowest BCUT2D eigenvalue weighted by Crippen LogP contribution is -2.35. The molecule has 108 valence electrons. The van der Waals surface area contributed by atoms with Crippen LogP contribution in [0.15, 0.2) is 11.2 Å². The number of amidine groups is 1. The zero-order valence-electron chi connectivity index (χ0n) is 11.4. The lowest BCUT2D eigenvalue weighted by molar-refractivity contribution is 0.266. The monoisotopic (exact) mass is 276 g/mol. The van der Waals surface area contributed by atoms with Crippen LogP contribution in [0.4, 0.5) is 5.82 Å². The van der Waals surface area contributed by atoms with Crippen LogP contribution < -0.4 is 10.6 Å². The fraction of sp³-hybridized carbons (Fsp3) is 0.571. The average Bonchev–Trinajstić information content (AvgIpc) is 3.12. The van der Waals surface area contributed by atoms with Crippen molar-refractivity contribution in [2.45, 2.75) is 38.1 Å². The van der Waals surface area contributed by atoms with Gasteiger partial charge in [-0.3, -0.25) is 0 Å². The summed E-state index contributed by atoms with van der Waals surface area (Å²) >= 11 is 0. The Labute approximate surface area is 117 Å². The van der Waals surface area contributed by atoms with Crippen LogP contribution in [0.2, 0.25) is 0 Å². The number of anilines is 1. The number of oxime groups is 1. The molecule has 6 heteroatoms. The number of rotatable bonds is 3. The maximum Gasteiger partial charge on any atom is 0.173 e. The average molecular weight is 276 g/mol. The maximum atomic E-state index is 9.50. The number of hydrogen-bond donors (Lipinski definition) is 3. The summed E-state index contributed by atoms with van der Waals surface area (Å²) in [5.74, 6) is 0.836. The molecule has 0 aromatic carbocycles. The van der Waals surface area contributed by atoms with Crippen molar-refractivity contribution in [3.05, 3.63) is 22.9 Å². The molecule has 0 spiro atoms. The second-order valence-electron chi connectivity index (χ2n) is 5.48. The highest BCUT2D eigenvalue weighted by Gasteiger charge is 2.29. The number of nitrogens with two attached hydrogens (primary N) is 1. The van der Waals surface area contributed by atoms with Crippen LogP contribution in [0.5, 0.6) is 0 Å². The summed E-state index contributed by atoms with van der Waals surface area (Å²) in [5, 5.41) is 21.6. The molecule has 1 aromatic heterocycles. The highest BCUT2D eigenvalue weighted by Crippen LogP contribution is 2.31. The van der Waals surface area contributed by atoms with Gasteiger partial charge in [-0.05, 0) is 43.7 Å². The third-order valence-electron chi connectivity index (χ3n) is 4.27. The number of aromatic nitrogens is 1. The first-order chi connectivity index (χ1) is 9.74. The first-order valence-corrected chi connectivity index (χ1v) is 7.12. The van der Waals surface area contributed by atoms with Crippen molar-refractivity contribution < 1.29 is 10.3 Å². The minimum Gasteiger partial charge on any atom is -0.409 e. The molecule has 1 aliphatic carbocycles. The van der Waals surface area contributed by atoms with E-state index in [-0.39, 0.29) is 18.5 Å². The quantitative estimate of drug-likeness (QED) is 0.326. The smallest absolute Gasteiger partial charge is 0.173 e.